The van der Waals surface area contributed by atoms with Crippen molar-refractivity contribution in [1.82, 2.24) is 9.97 Å². The van der Waals surface area contributed by atoms with Crippen LogP contribution in [0, 0.1) is 0 Å². The summed E-state index contributed by atoms with van der Waals surface area (Å²) in [6, 6.07) is 5.22. The lowest BCUT2D eigenvalue weighted by molar-refractivity contribution is -0.144. The van der Waals surface area contributed by atoms with Gasteiger partial charge in [0.15, 0.2) is 0 Å². The van der Waals surface area contributed by atoms with E-state index in [1.807, 2.05) is 31.4 Å². The van der Waals surface area contributed by atoms with E-state index in [1.165, 1.54) is 6.07 Å². The quantitative estimate of drug-likeness (QED) is 0.906. The molecule has 2 aromatic heterocycles. The van der Waals surface area contributed by atoms with Gasteiger partial charge in [0.2, 0.25) is 5.82 Å². The lowest BCUT2D eigenvalue weighted by Crippen LogP contribution is -2.27. The maximum Gasteiger partial charge on any atom is 0.451 e. The predicted molar refractivity (Wildman–Crippen MR) is 77.3 cm³/mol. The number of anilines is 2. The Hall–Kier alpha value is -1.83. The Kier molecular flexibility index (Phi) is 4.08. The van der Waals surface area contributed by atoms with Gasteiger partial charge in [0.1, 0.15) is 11.6 Å². The first-order chi connectivity index (χ1) is 9.68. The Bertz CT molecular complexity index is 608. The van der Waals surface area contributed by atoms with Crippen LogP contribution in [-0.2, 0) is 11.6 Å². The second-order valence-electron chi connectivity index (χ2n) is 5.21. The van der Waals surface area contributed by atoms with Crippen molar-refractivity contribution in [3.8, 4) is 0 Å². The third kappa shape index (κ3) is 3.84. The van der Waals surface area contributed by atoms with Gasteiger partial charge in [0, 0.05) is 22.9 Å². The number of alkyl halides is 3. The molecule has 0 saturated heterocycles. The summed E-state index contributed by atoms with van der Waals surface area (Å²) >= 11 is 1.60. The van der Waals surface area contributed by atoms with E-state index in [1.54, 1.807) is 11.3 Å². The van der Waals surface area contributed by atoms with Crippen molar-refractivity contribution in [2.24, 2.45) is 0 Å². The molecule has 0 bridgehead atoms. The van der Waals surface area contributed by atoms with Crippen molar-refractivity contribution in [2.75, 3.05) is 17.6 Å². The van der Waals surface area contributed by atoms with E-state index in [9.17, 15) is 13.2 Å². The highest BCUT2D eigenvalue weighted by molar-refractivity contribution is 7.10. The molecule has 0 atom stereocenters. The second-order valence-corrected chi connectivity index (χ2v) is 6.16. The summed E-state index contributed by atoms with van der Waals surface area (Å²) in [7, 11) is 0. The first-order valence-electron chi connectivity index (χ1n) is 6.18. The van der Waals surface area contributed by atoms with Gasteiger partial charge in [-0.25, -0.2) is 9.97 Å². The Labute approximate surface area is 124 Å². The Morgan fingerprint density at radius 2 is 2.00 bits per heavy atom. The Morgan fingerprint density at radius 3 is 2.57 bits per heavy atom. The smallest absolute Gasteiger partial charge is 0.384 e. The Balaban J connectivity index is 2.15. The zero-order chi connectivity index (χ0) is 15.7. The fraction of sp³-hybridized carbons (Fsp3) is 0.385. The van der Waals surface area contributed by atoms with Crippen LogP contribution >= 0.6 is 11.3 Å². The number of hydrogen-bond acceptors (Lipinski definition) is 5. The summed E-state index contributed by atoms with van der Waals surface area (Å²) in [6.45, 7) is 4.43. The van der Waals surface area contributed by atoms with E-state index in [2.05, 4.69) is 15.3 Å². The largest absolute Gasteiger partial charge is 0.451 e. The molecule has 0 spiro atoms. The van der Waals surface area contributed by atoms with Gasteiger partial charge in [-0.2, -0.15) is 13.2 Å². The number of aromatic nitrogens is 2. The van der Waals surface area contributed by atoms with Crippen molar-refractivity contribution in [2.45, 2.75) is 25.4 Å². The molecule has 2 heterocycles. The summed E-state index contributed by atoms with van der Waals surface area (Å²) in [5.41, 5.74) is 5.17. The molecule has 2 rings (SSSR count). The molecule has 3 N–H and O–H groups in total. The number of rotatable bonds is 4. The van der Waals surface area contributed by atoms with Crippen LogP contribution in [0.5, 0.6) is 0 Å². The van der Waals surface area contributed by atoms with Crippen LogP contribution in [-0.4, -0.2) is 16.5 Å². The second kappa shape index (κ2) is 5.51. The SMILES string of the molecule is CC(C)(CNc1cc(N)nc(C(F)(F)F)n1)c1cccs1. The summed E-state index contributed by atoms with van der Waals surface area (Å²) in [5.74, 6) is -1.38. The van der Waals surface area contributed by atoms with Gasteiger partial charge in [-0.05, 0) is 11.4 Å². The molecule has 0 aliphatic heterocycles. The van der Waals surface area contributed by atoms with Crippen LogP contribution in [0.2, 0.25) is 0 Å². The number of nitrogen functional groups attached to an aromatic ring is 1. The minimum atomic E-state index is -4.62. The molecule has 0 amide bonds. The molecule has 4 nitrogen and oxygen atoms in total. The molecular weight excluding hydrogens is 301 g/mol. The maximum atomic E-state index is 12.6. The van der Waals surface area contributed by atoms with Gasteiger partial charge in [-0.3, -0.25) is 0 Å². The van der Waals surface area contributed by atoms with Crippen molar-refractivity contribution in [1.29, 1.82) is 0 Å². The fourth-order valence-electron chi connectivity index (χ4n) is 1.75. The molecule has 0 aromatic carbocycles. The van der Waals surface area contributed by atoms with E-state index >= 15 is 0 Å². The van der Waals surface area contributed by atoms with Gasteiger partial charge in [-0.1, -0.05) is 19.9 Å². The highest BCUT2D eigenvalue weighted by Crippen LogP contribution is 2.30. The van der Waals surface area contributed by atoms with E-state index in [0.717, 1.165) is 4.88 Å². The zero-order valence-electron chi connectivity index (χ0n) is 11.5. The lowest BCUT2D eigenvalue weighted by Gasteiger charge is -2.24. The first-order valence-corrected chi connectivity index (χ1v) is 7.06. The fourth-order valence-corrected chi connectivity index (χ4v) is 2.60. The summed E-state index contributed by atoms with van der Waals surface area (Å²) in [5, 5.41) is 4.86. The minimum Gasteiger partial charge on any atom is -0.384 e. The van der Waals surface area contributed by atoms with Crippen molar-refractivity contribution >= 4 is 23.0 Å². The molecule has 2 aromatic rings. The van der Waals surface area contributed by atoms with Gasteiger partial charge >= 0.3 is 6.18 Å². The molecule has 0 aliphatic carbocycles. The predicted octanol–water partition coefficient (Wildman–Crippen LogP) is 3.53. The standard InChI is InChI=1S/C13H15F3N4S/c1-12(2,8-4-3-5-21-8)7-18-10-6-9(17)19-11(20-10)13(14,15)16/h3-6H,7H2,1-2H3,(H3,17,18,19,20). The zero-order valence-corrected chi connectivity index (χ0v) is 12.3. The molecule has 0 radical (unpaired) electrons. The van der Waals surface area contributed by atoms with Gasteiger partial charge < -0.3 is 11.1 Å². The van der Waals surface area contributed by atoms with E-state index in [0.29, 0.717) is 6.54 Å². The van der Waals surface area contributed by atoms with E-state index in [4.69, 9.17) is 5.73 Å². The maximum absolute atomic E-state index is 12.6. The number of nitrogens with one attached hydrogen (secondary N) is 1. The van der Waals surface area contributed by atoms with Crippen molar-refractivity contribution < 1.29 is 13.2 Å². The topological polar surface area (TPSA) is 63.8 Å². The summed E-state index contributed by atoms with van der Waals surface area (Å²) in [4.78, 5) is 7.80. The number of nitrogens with two attached hydrogens (primary N) is 1. The van der Waals surface area contributed by atoms with Crippen LogP contribution in [0.25, 0.3) is 0 Å². The summed E-state index contributed by atoms with van der Waals surface area (Å²) in [6.07, 6.45) is -4.62. The highest BCUT2D eigenvalue weighted by Gasteiger charge is 2.35. The van der Waals surface area contributed by atoms with E-state index in [-0.39, 0.29) is 17.1 Å². The molecule has 0 saturated carbocycles. The summed E-state index contributed by atoms with van der Waals surface area (Å²) < 4.78 is 37.9. The van der Waals surface area contributed by atoms with Crippen LogP contribution in [0.15, 0.2) is 23.6 Å². The van der Waals surface area contributed by atoms with Crippen LogP contribution in [0.1, 0.15) is 24.5 Å². The van der Waals surface area contributed by atoms with Crippen LogP contribution < -0.4 is 11.1 Å². The molecule has 8 heteroatoms. The molecule has 114 valence electrons. The van der Waals surface area contributed by atoms with Gasteiger partial charge in [0.05, 0.1) is 0 Å². The van der Waals surface area contributed by atoms with Crippen molar-refractivity contribution in [3.05, 3.63) is 34.3 Å². The third-order valence-electron chi connectivity index (χ3n) is 2.90. The molecule has 0 fully saturated rings. The lowest BCUT2D eigenvalue weighted by atomic mass is 9.91. The monoisotopic (exact) mass is 316 g/mol. The Morgan fingerprint density at radius 1 is 1.29 bits per heavy atom. The van der Waals surface area contributed by atoms with Gasteiger partial charge in [0.25, 0.3) is 0 Å². The number of hydrogen-bond donors (Lipinski definition) is 2. The average molecular weight is 316 g/mol. The first kappa shape index (κ1) is 15.6. The molecule has 21 heavy (non-hydrogen) atoms. The van der Waals surface area contributed by atoms with Crippen LogP contribution in [0.3, 0.4) is 0 Å². The van der Waals surface area contributed by atoms with Crippen LogP contribution in [0.4, 0.5) is 24.8 Å². The molecular formula is C13H15F3N4S. The molecule has 0 unspecified atom stereocenters. The number of thiophene rings is 1. The van der Waals surface area contributed by atoms with Crippen molar-refractivity contribution in [3.63, 3.8) is 0 Å². The third-order valence-corrected chi connectivity index (χ3v) is 4.13. The highest BCUT2D eigenvalue weighted by atomic mass is 32.1. The minimum absolute atomic E-state index is 0.0689. The molecule has 0 aliphatic rings. The average Bonchev–Trinajstić information content (AvgIpc) is 2.89. The normalized spacial score (nSPS) is 12.4. The number of halogens is 3. The van der Waals surface area contributed by atoms with Gasteiger partial charge in [-0.15, -0.1) is 11.3 Å². The van der Waals surface area contributed by atoms with E-state index < -0.39 is 12.0 Å². The number of nitrogens with zero attached hydrogens (tertiary/aromatic N) is 2.